The smallest absolute Gasteiger partial charge is 0.346 e. The van der Waals surface area contributed by atoms with Gasteiger partial charge in [0, 0.05) is 0 Å². The third-order valence-corrected chi connectivity index (χ3v) is 2.31. The Bertz CT molecular complexity index is 203. The maximum Gasteiger partial charge on any atom is 0.346 e. The molecule has 0 bridgehead atoms. The minimum absolute atomic E-state index is 0.674. The first-order valence-corrected chi connectivity index (χ1v) is 3.29. The van der Waals surface area contributed by atoms with Crippen molar-refractivity contribution < 1.29 is 19.4 Å². The quantitative estimate of drug-likeness (QED) is 0.393. The molecule has 4 nitrogen and oxygen atoms in total. The molecular weight excluding hydrogens is 148 g/mol. The number of rotatable bonds is 0. The lowest BCUT2D eigenvalue weighted by Gasteiger charge is -2.24. The fourth-order valence-corrected chi connectivity index (χ4v) is 0.765. The lowest BCUT2D eigenvalue weighted by molar-refractivity contribution is -0.157. The number of carbonyl (C=O) groups is 2. The van der Waals surface area contributed by atoms with Gasteiger partial charge in [0.05, 0.1) is 0 Å². The van der Waals surface area contributed by atoms with Gasteiger partial charge < -0.3 is 9.84 Å². The van der Waals surface area contributed by atoms with Crippen molar-refractivity contribution >= 4 is 11.9 Å². The zero-order valence-electron chi connectivity index (χ0n) is 6.67. The molecule has 1 rings (SSSR count). The molecule has 1 fully saturated rings. The van der Waals surface area contributed by atoms with Crippen LogP contribution >= 0.6 is 0 Å². The molecule has 0 saturated carbocycles. The van der Waals surface area contributed by atoms with Gasteiger partial charge in [0.15, 0.2) is 5.60 Å². The Morgan fingerprint density at radius 3 is 1.73 bits per heavy atom. The van der Waals surface area contributed by atoms with Crippen LogP contribution in [0.5, 0.6) is 0 Å². The highest BCUT2D eigenvalue weighted by atomic mass is 16.6. The summed E-state index contributed by atoms with van der Waals surface area (Å²) < 4.78 is 4.26. The third-order valence-electron chi connectivity index (χ3n) is 2.31. The van der Waals surface area contributed by atoms with Crippen molar-refractivity contribution in [2.75, 3.05) is 0 Å². The van der Waals surface area contributed by atoms with E-state index in [1.807, 2.05) is 0 Å². The predicted molar refractivity (Wildman–Crippen MR) is 35.5 cm³/mol. The molecule has 0 radical (unpaired) electrons. The molecule has 1 unspecified atom stereocenters. The predicted octanol–water partition coefficient (Wildman–Crippen LogP) is -0.153. The van der Waals surface area contributed by atoms with E-state index >= 15 is 0 Å². The summed E-state index contributed by atoms with van der Waals surface area (Å²) in [5.74, 6) is -1.54. The summed E-state index contributed by atoms with van der Waals surface area (Å²) in [5.41, 5.74) is -2.83. The molecule has 1 saturated heterocycles. The Morgan fingerprint density at radius 1 is 1.18 bits per heavy atom. The third kappa shape index (κ3) is 0.790. The second-order valence-electron chi connectivity index (χ2n) is 3.37. The van der Waals surface area contributed by atoms with Crippen molar-refractivity contribution in [3.8, 4) is 0 Å². The van der Waals surface area contributed by atoms with Crippen LogP contribution in [0, 0.1) is 5.41 Å². The second kappa shape index (κ2) is 1.82. The Labute approximate surface area is 64.2 Å². The Hall–Kier alpha value is -0.900. The molecule has 1 aliphatic heterocycles. The standard InChI is InChI=1S/C7H10O4/c1-6(2)4(8)11-5(9)7(6,3)10/h10H,1-3H3. The monoisotopic (exact) mass is 158 g/mol. The summed E-state index contributed by atoms with van der Waals surface area (Å²) in [5, 5.41) is 9.47. The van der Waals surface area contributed by atoms with Gasteiger partial charge in [-0.1, -0.05) is 0 Å². The fourth-order valence-electron chi connectivity index (χ4n) is 0.765. The van der Waals surface area contributed by atoms with Crippen LogP contribution in [0.2, 0.25) is 0 Å². The Morgan fingerprint density at radius 2 is 1.64 bits per heavy atom. The van der Waals surface area contributed by atoms with Crippen LogP contribution in [-0.4, -0.2) is 22.6 Å². The maximum atomic E-state index is 10.9. The molecule has 1 aliphatic rings. The van der Waals surface area contributed by atoms with Crippen LogP contribution in [-0.2, 0) is 14.3 Å². The van der Waals surface area contributed by atoms with Gasteiger partial charge in [0.1, 0.15) is 5.41 Å². The Kier molecular flexibility index (Phi) is 1.36. The van der Waals surface area contributed by atoms with Crippen LogP contribution in [0.25, 0.3) is 0 Å². The molecule has 0 aliphatic carbocycles. The lowest BCUT2D eigenvalue weighted by atomic mass is 9.78. The molecule has 0 aromatic heterocycles. The van der Waals surface area contributed by atoms with Gasteiger partial charge in [-0.25, -0.2) is 4.79 Å². The molecule has 62 valence electrons. The first-order valence-electron chi connectivity index (χ1n) is 3.29. The number of hydrogen-bond donors (Lipinski definition) is 1. The highest BCUT2D eigenvalue weighted by molar-refractivity contribution is 6.02. The van der Waals surface area contributed by atoms with E-state index in [2.05, 4.69) is 4.74 Å². The van der Waals surface area contributed by atoms with Gasteiger partial charge in [0.2, 0.25) is 0 Å². The first kappa shape index (κ1) is 8.20. The normalized spacial score (nSPS) is 35.6. The van der Waals surface area contributed by atoms with Gasteiger partial charge in [-0.15, -0.1) is 0 Å². The van der Waals surface area contributed by atoms with E-state index in [9.17, 15) is 14.7 Å². The summed E-state index contributed by atoms with van der Waals surface area (Å²) in [6.07, 6.45) is 0. The molecule has 0 aromatic rings. The number of aliphatic hydroxyl groups is 1. The van der Waals surface area contributed by atoms with E-state index in [4.69, 9.17) is 0 Å². The van der Waals surface area contributed by atoms with E-state index < -0.39 is 23.0 Å². The highest BCUT2D eigenvalue weighted by Crippen LogP contribution is 2.38. The van der Waals surface area contributed by atoms with E-state index in [-0.39, 0.29) is 0 Å². The van der Waals surface area contributed by atoms with Gasteiger partial charge in [-0.2, -0.15) is 0 Å². The van der Waals surface area contributed by atoms with Crippen LogP contribution in [0.3, 0.4) is 0 Å². The summed E-state index contributed by atoms with van der Waals surface area (Å²) in [7, 11) is 0. The topological polar surface area (TPSA) is 63.6 Å². The average molecular weight is 158 g/mol. The molecule has 11 heavy (non-hydrogen) atoms. The van der Waals surface area contributed by atoms with Crippen LogP contribution in [0.15, 0.2) is 0 Å². The zero-order valence-corrected chi connectivity index (χ0v) is 6.67. The van der Waals surface area contributed by atoms with E-state index in [1.54, 1.807) is 0 Å². The summed E-state index contributed by atoms with van der Waals surface area (Å²) in [4.78, 5) is 21.7. The van der Waals surface area contributed by atoms with Crippen molar-refractivity contribution in [1.82, 2.24) is 0 Å². The van der Waals surface area contributed by atoms with Crippen LogP contribution in [0.1, 0.15) is 20.8 Å². The second-order valence-corrected chi connectivity index (χ2v) is 3.37. The van der Waals surface area contributed by atoms with Crippen LogP contribution < -0.4 is 0 Å². The van der Waals surface area contributed by atoms with Gasteiger partial charge in [-0.05, 0) is 20.8 Å². The van der Waals surface area contributed by atoms with Gasteiger partial charge in [0.25, 0.3) is 0 Å². The summed E-state index contributed by atoms with van der Waals surface area (Å²) in [6, 6.07) is 0. The van der Waals surface area contributed by atoms with Crippen molar-refractivity contribution in [1.29, 1.82) is 0 Å². The minimum Gasteiger partial charge on any atom is -0.390 e. The number of hydrogen-bond acceptors (Lipinski definition) is 4. The van der Waals surface area contributed by atoms with E-state index in [0.29, 0.717) is 0 Å². The average Bonchev–Trinajstić information content (AvgIpc) is 1.95. The van der Waals surface area contributed by atoms with Crippen molar-refractivity contribution in [3.63, 3.8) is 0 Å². The lowest BCUT2D eigenvalue weighted by Crippen LogP contribution is -2.44. The van der Waals surface area contributed by atoms with E-state index in [1.165, 1.54) is 20.8 Å². The Balaban J connectivity index is 3.15. The molecule has 0 aromatic carbocycles. The number of ether oxygens (including phenoxy) is 1. The molecule has 1 heterocycles. The van der Waals surface area contributed by atoms with E-state index in [0.717, 1.165) is 0 Å². The largest absolute Gasteiger partial charge is 0.390 e. The minimum atomic E-state index is -1.69. The van der Waals surface area contributed by atoms with Gasteiger partial charge in [-0.3, -0.25) is 4.79 Å². The molecule has 1 atom stereocenters. The summed E-state index contributed by atoms with van der Waals surface area (Å²) >= 11 is 0. The molecule has 1 N–H and O–H groups in total. The molecule has 0 amide bonds. The van der Waals surface area contributed by atoms with Crippen molar-refractivity contribution in [3.05, 3.63) is 0 Å². The zero-order chi connectivity index (χ0) is 8.86. The molecule has 0 spiro atoms. The first-order chi connectivity index (χ1) is 4.80. The van der Waals surface area contributed by atoms with Crippen molar-refractivity contribution in [2.45, 2.75) is 26.4 Å². The highest BCUT2D eigenvalue weighted by Gasteiger charge is 2.59. The fraction of sp³-hybridized carbons (Fsp3) is 0.714. The number of cyclic esters (lactones) is 2. The SMILES string of the molecule is CC1(C)C(=O)OC(=O)C1(C)O. The molecular formula is C7H10O4. The van der Waals surface area contributed by atoms with Gasteiger partial charge >= 0.3 is 11.9 Å². The summed E-state index contributed by atoms with van der Waals surface area (Å²) in [6.45, 7) is 4.22. The number of esters is 2. The number of carbonyl (C=O) groups excluding carboxylic acids is 2. The van der Waals surface area contributed by atoms with Crippen LogP contribution in [0.4, 0.5) is 0 Å². The molecule has 4 heteroatoms. The maximum absolute atomic E-state index is 10.9. The van der Waals surface area contributed by atoms with Crippen molar-refractivity contribution in [2.24, 2.45) is 5.41 Å².